The second-order valence-electron chi connectivity index (χ2n) is 5.74. The van der Waals surface area contributed by atoms with Gasteiger partial charge in [-0.25, -0.2) is 8.42 Å². The average molecular weight is 442 g/mol. The van der Waals surface area contributed by atoms with Crippen LogP contribution in [0.1, 0.15) is 6.42 Å². The van der Waals surface area contributed by atoms with Gasteiger partial charge in [-0.1, -0.05) is 0 Å². The maximum absolute atomic E-state index is 12.8. The maximum atomic E-state index is 12.8. The molecule has 138 valence electrons. The van der Waals surface area contributed by atoms with Gasteiger partial charge in [0.1, 0.15) is 13.2 Å². The second-order valence-corrected chi connectivity index (χ2v) is 8.28. The van der Waals surface area contributed by atoms with E-state index >= 15 is 0 Å². The predicted octanol–water partition coefficient (Wildman–Crippen LogP) is 3.18. The van der Waals surface area contributed by atoms with Gasteiger partial charge in [-0.05, 0) is 28.1 Å². The Hall–Kier alpha value is -2.13. The number of benzene rings is 2. The van der Waals surface area contributed by atoms with Gasteiger partial charge in [0.2, 0.25) is 0 Å². The van der Waals surface area contributed by atoms with Gasteiger partial charge in [-0.3, -0.25) is 4.72 Å². The summed E-state index contributed by atoms with van der Waals surface area (Å²) in [5, 5.41) is 0. The zero-order chi connectivity index (χ0) is 18.1. The lowest BCUT2D eigenvalue weighted by molar-refractivity contribution is 0.171. The molecule has 2 aliphatic rings. The summed E-state index contributed by atoms with van der Waals surface area (Å²) in [6.45, 7) is 1.91. The fourth-order valence-electron chi connectivity index (χ4n) is 2.66. The summed E-state index contributed by atoms with van der Waals surface area (Å²) in [5.74, 6) is 2.03. The molecule has 2 aliphatic heterocycles. The zero-order valence-corrected chi connectivity index (χ0v) is 16.1. The molecule has 1 N–H and O–H groups in total. The van der Waals surface area contributed by atoms with Gasteiger partial charge >= 0.3 is 0 Å². The van der Waals surface area contributed by atoms with E-state index in [0.717, 1.165) is 6.42 Å². The lowest BCUT2D eigenvalue weighted by Gasteiger charge is -2.20. The van der Waals surface area contributed by atoms with Crippen molar-refractivity contribution in [1.82, 2.24) is 0 Å². The fraction of sp³-hybridized carbons (Fsp3) is 0.294. The van der Waals surface area contributed by atoms with E-state index in [1.807, 2.05) is 0 Å². The van der Waals surface area contributed by atoms with Crippen LogP contribution in [0.4, 0.5) is 5.69 Å². The van der Waals surface area contributed by atoms with Crippen molar-refractivity contribution >= 4 is 31.6 Å². The number of sulfonamides is 1. The Morgan fingerprint density at radius 1 is 0.808 bits per heavy atom. The summed E-state index contributed by atoms with van der Waals surface area (Å²) in [6, 6.07) is 7.84. The molecule has 0 fully saturated rings. The van der Waals surface area contributed by atoms with Crippen LogP contribution in [-0.2, 0) is 10.0 Å². The van der Waals surface area contributed by atoms with Crippen molar-refractivity contribution in [3.05, 3.63) is 34.8 Å². The SMILES string of the molecule is O=S(=O)(Nc1cc2c(cc1Br)OCCO2)c1ccc2c(c1)OCCCO2. The van der Waals surface area contributed by atoms with E-state index in [1.54, 1.807) is 18.2 Å². The molecule has 26 heavy (non-hydrogen) atoms. The summed E-state index contributed by atoms with van der Waals surface area (Å²) < 4.78 is 50.8. The van der Waals surface area contributed by atoms with E-state index in [2.05, 4.69) is 20.7 Å². The molecular weight excluding hydrogens is 426 g/mol. The highest BCUT2D eigenvalue weighted by molar-refractivity contribution is 9.10. The Labute approximate surface area is 159 Å². The minimum absolute atomic E-state index is 0.0866. The third-order valence-electron chi connectivity index (χ3n) is 3.91. The molecule has 4 rings (SSSR count). The quantitative estimate of drug-likeness (QED) is 0.787. The van der Waals surface area contributed by atoms with Crippen LogP contribution >= 0.6 is 15.9 Å². The first-order valence-electron chi connectivity index (χ1n) is 8.04. The third kappa shape index (κ3) is 3.41. The lowest BCUT2D eigenvalue weighted by Crippen LogP contribution is -2.17. The number of rotatable bonds is 3. The molecule has 0 radical (unpaired) electrons. The predicted molar refractivity (Wildman–Crippen MR) is 98.0 cm³/mol. The minimum Gasteiger partial charge on any atom is -0.490 e. The fourth-order valence-corrected chi connectivity index (χ4v) is 4.30. The van der Waals surface area contributed by atoms with Crippen LogP contribution in [0.2, 0.25) is 0 Å². The molecule has 2 aromatic rings. The molecule has 2 heterocycles. The molecule has 0 atom stereocenters. The van der Waals surface area contributed by atoms with Crippen LogP contribution in [0.3, 0.4) is 0 Å². The Morgan fingerprint density at radius 3 is 2.19 bits per heavy atom. The molecular formula is C17H16BrNO6S. The molecule has 9 heteroatoms. The van der Waals surface area contributed by atoms with Crippen LogP contribution in [0, 0.1) is 0 Å². The Bertz CT molecular complexity index is 947. The number of nitrogens with one attached hydrogen (secondary N) is 1. The van der Waals surface area contributed by atoms with Crippen LogP contribution in [0.5, 0.6) is 23.0 Å². The van der Waals surface area contributed by atoms with Gasteiger partial charge in [0.05, 0.1) is 23.8 Å². The number of fused-ring (bicyclic) bond motifs is 2. The normalized spacial score (nSPS) is 15.9. The van der Waals surface area contributed by atoms with E-state index in [1.165, 1.54) is 12.1 Å². The number of hydrogen-bond acceptors (Lipinski definition) is 6. The van der Waals surface area contributed by atoms with E-state index in [0.29, 0.717) is 59.6 Å². The van der Waals surface area contributed by atoms with E-state index in [4.69, 9.17) is 18.9 Å². The number of ether oxygens (including phenoxy) is 4. The van der Waals surface area contributed by atoms with E-state index < -0.39 is 10.0 Å². The molecule has 0 amide bonds. The monoisotopic (exact) mass is 441 g/mol. The first-order valence-corrected chi connectivity index (χ1v) is 10.3. The smallest absolute Gasteiger partial charge is 0.262 e. The minimum atomic E-state index is -3.82. The summed E-state index contributed by atoms with van der Waals surface area (Å²) in [5.41, 5.74) is 0.362. The highest BCUT2D eigenvalue weighted by Crippen LogP contribution is 2.39. The van der Waals surface area contributed by atoms with Gasteiger partial charge in [-0.15, -0.1) is 0 Å². The first-order chi connectivity index (χ1) is 12.5. The number of hydrogen-bond donors (Lipinski definition) is 1. The molecule has 0 spiro atoms. The van der Waals surface area contributed by atoms with Crippen molar-refractivity contribution in [2.75, 3.05) is 31.1 Å². The van der Waals surface area contributed by atoms with Gasteiger partial charge in [0, 0.05) is 29.1 Å². The highest BCUT2D eigenvalue weighted by Gasteiger charge is 2.22. The molecule has 0 unspecified atom stereocenters. The van der Waals surface area contributed by atoms with Crippen LogP contribution in [0.15, 0.2) is 39.7 Å². The van der Waals surface area contributed by atoms with Gasteiger partial charge in [0.15, 0.2) is 23.0 Å². The standard InChI is InChI=1S/C17H16BrNO6S/c18-12-9-16-17(25-7-6-24-16)10-13(12)19-26(20,21)11-2-3-14-15(8-11)23-5-1-4-22-14/h2-3,8-10,19H,1,4-7H2. The highest BCUT2D eigenvalue weighted by atomic mass is 79.9. The topological polar surface area (TPSA) is 83.1 Å². The van der Waals surface area contributed by atoms with Crippen LogP contribution in [-0.4, -0.2) is 34.8 Å². The van der Waals surface area contributed by atoms with E-state index in [9.17, 15) is 8.42 Å². The number of anilines is 1. The van der Waals surface area contributed by atoms with Crippen LogP contribution < -0.4 is 23.7 Å². The molecule has 0 bridgehead atoms. The van der Waals surface area contributed by atoms with Crippen molar-refractivity contribution < 1.29 is 27.4 Å². The van der Waals surface area contributed by atoms with Gasteiger partial charge in [-0.2, -0.15) is 0 Å². The zero-order valence-electron chi connectivity index (χ0n) is 13.7. The molecule has 2 aromatic carbocycles. The van der Waals surface area contributed by atoms with Gasteiger partial charge in [0.25, 0.3) is 10.0 Å². The molecule has 7 nitrogen and oxygen atoms in total. The maximum Gasteiger partial charge on any atom is 0.262 e. The van der Waals surface area contributed by atoms with Crippen molar-refractivity contribution in [2.45, 2.75) is 11.3 Å². The van der Waals surface area contributed by atoms with Crippen molar-refractivity contribution in [2.24, 2.45) is 0 Å². The van der Waals surface area contributed by atoms with Crippen molar-refractivity contribution in [3.8, 4) is 23.0 Å². The first kappa shape index (κ1) is 17.3. The summed E-state index contributed by atoms with van der Waals surface area (Å²) in [6.07, 6.45) is 0.749. The largest absolute Gasteiger partial charge is 0.490 e. The molecule has 0 saturated carbocycles. The molecule has 0 aliphatic carbocycles. The van der Waals surface area contributed by atoms with Crippen LogP contribution in [0.25, 0.3) is 0 Å². The Kier molecular flexibility index (Phi) is 4.58. The van der Waals surface area contributed by atoms with E-state index in [-0.39, 0.29) is 4.90 Å². The summed E-state index contributed by atoms with van der Waals surface area (Å²) >= 11 is 3.36. The number of halogens is 1. The Morgan fingerprint density at radius 2 is 1.42 bits per heavy atom. The lowest BCUT2D eigenvalue weighted by atomic mass is 10.2. The summed E-state index contributed by atoms with van der Waals surface area (Å²) in [7, 11) is -3.82. The summed E-state index contributed by atoms with van der Waals surface area (Å²) in [4.78, 5) is 0.0866. The molecule has 0 aromatic heterocycles. The third-order valence-corrected chi connectivity index (χ3v) is 5.92. The second kappa shape index (κ2) is 6.88. The van der Waals surface area contributed by atoms with Crippen molar-refractivity contribution in [3.63, 3.8) is 0 Å². The molecule has 0 saturated heterocycles. The van der Waals surface area contributed by atoms with Gasteiger partial charge < -0.3 is 18.9 Å². The van der Waals surface area contributed by atoms with Crippen molar-refractivity contribution in [1.29, 1.82) is 0 Å². The Balaban J connectivity index is 1.64. The average Bonchev–Trinajstić information content (AvgIpc) is 2.87.